The van der Waals surface area contributed by atoms with E-state index >= 15 is 19.2 Å². The molecule has 12 amide bonds. The Morgan fingerprint density at radius 1 is 0.686 bits per heavy atom. The minimum Gasteiger partial charge on any atom is -0.378 e. The third-order valence-electron chi connectivity index (χ3n) is 21.0. The van der Waals surface area contributed by atoms with Crippen molar-refractivity contribution in [3.05, 3.63) is 69.7 Å². The molecule has 586 valence electrons. The lowest BCUT2D eigenvalue weighted by atomic mass is 9.90. The van der Waals surface area contributed by atoms with Gasteiger partial charge in [-0.1, -0.05) is 115 Å². The number of alkyl halides is 3. The molecule has 1 unspecified atom stereocenters. The topological polar surface area (TPSA) is 283 Å². The summed E-state index contributed by atoms with van der Waals surface area (Å²) in [6.45, 7) is 13.2. The highest BCUT2D eigenvalue weighted by Crippen LogP contribution is 2.37. The van der Waals surface area contributed by atoms with Crippen LogP contribution in [0.25, 0.3) is 0 Å². The lowest BCUT2D eigenvalue weighted by Crippen LogP contribution is -2.65. The summed E-state index contributed by atoms with van der Waals surface area (Å²) in [7, 11) is 14.9. The van der Waals surface area contributed by atoms with Crippen molar-refractivity contribution in [3.63, 3.8) is 0 Å². The number of hydrogen-bond donors (Lipinski definition) is 3. The number of nitrogens with zero attached hydrogens (tertiary/aromatic N) is 10. The number of halogens is 4. The van der Waals surface area contributed by atoms with Gasteiger partial charge in [-0.05, 0) is 120 Å². The Labute approximate surface area is 623 Å². The van der Waals surface area contributed by atoms with Gasteiger partial charge in [0.1, 0.15) is 53.9 Å². The summed E-state index contributed by atoms with van der Waals surface area (Å²) in [4.78, 5) is 192. The summed E-state index contributed by atoms with van der Waals surface area (Å²) in [5, 5.41) is 7.97. The molecule has 0 bridgehead atoms. The van der Waals surface area contributed by atoms with Crippen LogP contribution in [-0.2, 0) is 81.3 Å². The highest BCUT2D eigenvalue weighted by molar-refractivity contribution is 6.31. The van der Waals surface area contributed by atoms with Gasteiger partial charge in [0.15, 0.2) is 0 Å². The normalized spacial score (nSPS) is 24.1. The van der Waals surface area contributed by atoms with Crippen molar-refractivity contribution < 1.29 is 75.4 Å². The van der Waals surface area contributed by atoms with Crippen LogP contribution in [0.3, 0.4) is 0 Å². The summed E-state index contributed by atoms with van der Waals surface area (Å²) in [5.74, 6) is -9.87. The molecule has 1 spiro atoms. The summed E-state index contributed by atoms with van der Waals surface area (Å²) < 4.78 is 47.8. The van der Waals surface area contributed by atoms with Gasteiger partial charge >= 0.3 is 6.18 Å². The number of benzene rings is 2. The number of amides is 12. The molecule has 26 nitrogen and oxygen atoms in total. The van der Waals surface area contributed by atoms with E-state index in [9.17, 15) is 51.5 Å². The molecule has 1 aliphatic carbocycles. The van der Waals surface area contributed by atoms with Gasteiger partial charge < -0.3 is 69.7 Å². The average Bonchev–Trinajstić information content (AvgIpc) is 1.55. The van der Waals surface area contributed by atoms with Crippen LogP contribution in [0.4, 0.5) is 13.2 Å². The fourth-order valence-corrected chi connectivity index (χ4v) is 14.0. The van der Waals surface area contributed by atoms with Crippen LogP contribution < -0.4 is 16.0 Å². The maximum absolute atomic E-state index is 15.5. The second kappa shape index (κ2) is 39.1. The highest BCUT2D eigenvalue weighted by Gasteiger charge is 2.50. The monoisotopic (exact) mass is 1500 g/mol. The highest BCUT2D eigenvalue weighted by atomic mass is 35.5. The average molecular weight is 1500 g/mol. The number of nitrogens with one attached hydrogen (secondary N) is 3. The Kier molecular flexibility index (Phi) is 32.6. The third-order valence-corrected chi connectivity index (χ3v) is 21.4. The van der Waals surface area contributed by atoms with Crippen LogP contribution in [0.5, 0.6) is 0 Å². The minimum atomic E-state index is -4.79. The standard InChI is InChI=1S/C75H115ClF3N13O13/c1-19-48(6)63-71(102)86(14)50(8)66(97)92-36-33-57(92)70(101)88(16)56(32-29-51-25-23-47(5)24-26-51)69(100)85(13)44-60(93)80-55(31-28-52-27-30-53(54(76)42-52)75(77,78)79)67(98)91(38-40-105-39-37-83(9)10)45-61(94)82-74(34-21-22-35-74)73(104)90(18)64(49(7)20-2)72(103)89(17)59(68(99)84(11)12)43-62(95)87(15)58(41-46(3)4)65(96)81-63/h23-27,30,42,46,48-50,55-59,63-64H,19-22,28-29,31-41,43-45H2,1-18H3,(H,80,93)(H,81,96)(H,82,94)/t48-,49-,50-,55?,56-,57-,58-,59-,63-,64-/m0/s1. The van der Waals surface area contributed by atoms with Crippen LogP contribution in [0.1, 0.15) is 141 Å². The molecule has 1 saturated carbocycles. The van der Waals surface area contributed by atoms with Gasteiger partial charge in [-0.15, -0.1) is 0 Å². The summed E-state index contributed by atoms with van der Waals surface area (Å²) in [6, 6.07) is 0.285. The van der Waals surface area contributed by atoms with E-state index in [1.54, 1.807) is 13.8 Å². The predicted octanol–water partition coefficient (Wildman–Crippen LogP) is 4.88. The first-order valence-corrected chi connectivity index (χ1v) is 36.9. The van der Waals surface area contributed by atoms with Crippen LogP contribution >= 0.6 is 11.6 Å². The Morgan fingerprint density at radius 2 is 1.30 bits per heavy atom. The number of fused-ring (bicyclic) bond motifs is 1. The molecule has 10 atom stereocenters. The number of rotatable bonds is 19. The van der Waals surface area contributed by atoms with Gasteiger partial charge in [0, 0.05) is 76.0 Å². The van der Waals surface area contributed by atoms with Crippen molar-refractivity contribution in [3.8, 4) is 0 Å². The van der Waals surface area contributed by atoms with Crippen LogP contribution in [0.15, 0.2) is 42.5 Å². The van der Waals surface area contributed by atoms with E-state index in [4.69, 9.17) is 16.3 Å². The second-order valence-electron chi connectivity index (χ2n) is 29.8. The van der Waals surface area contributed by atoms with Gasteiger partial charge in [-0.25, -0.2) is 0 Å². The Morgan fingerprint density at radius 3 is 1.85 bits per heavy atom. The zero-order valence-electron chi connectivity index (χ0n) is 64.8. The molecule has 0 radical (unpaired) electrons. The van der Waals surface area contributed by atoms with Crippen molar-refractivity contribution >= 4 is 82.5 Å². The zero-order chi connectivity index (χ0) is 78.9. The molecule has 5 rings (SSSR count). The van der Waals surface area contributed by atoms with Gasteiger partial charge in [-0.2, -0.15) is 13.2 Å². The van der Waals surface area contributed by atoms with E-state index in [0.29, 0.717) is 32.2 Å². The summed E-state index contributed by atoms with van der Waals surface area (Å²) in [5.41, 5.74) is -0.703. The van der Waals surface area contributed by atoms with Crippen molar-refractivity contribution in [2.75, 3.05) is 116 Å². The number of hydrogen-bond acceptors (Lipinski definition) is 14. The number of carbonyl (C=O) groups excluding carboxylic acids is 12. The Bertz CT molecular complexity index is 3390. The van der Waals surface area contributed by atoms with E-state index in [0.717, 1.165) is 38.0 Å². The Balaban J connectivity index is 1.68. The number of aryl methyl sites for hydroxylation is 3. The molecular weight excluding hydrogens is 1380 g/mol. The fraction of sp³-hybridized carbons (Fsp3) is 0.680. The SMILES string of the molecule is CC[C@H](C)[C@@H]1NC(=O)[C@H](CC(C)C)N(C)C(=O)C[C@@H](C(=O)N(C)C)N(C)C(=O)[C@H]([C@@H](C)CC)N(C)C(=O)C2(CCCC2)NC(=O)CN(CCOCCN(C)C)C(=O)C(CCc2ccc(C(F)(F)F)c(Cl)c2)NC(=O)CN(C)C(=O)[C@H](CCc2ccc(C)cc2)N(C)C(=O)[C@@H]2CCN2C(=O)[C@H](C)N(C)C1=O. The molecule has 2 aromatic rings. The first kappa shape index (κ1) is 87.7. The summed E-state index contributed by atoms with van der Waals surface area (Å²) in [6.07, 6.45) is -3.42. The number of carbonyl (C=O) groups is 12. The molecule has 3 N–H and O–H groups in total. The molecule has 2 aromatic carbocycles. The van der Waals surface area contributed by atoms with E-state index in [2.05, 4.69) is 16.0 Å². The second-order valence-corrected chi connectivity index (χ2v) is 30.2. The first-order valence-electron chi connectivity index (χ1n) is 36.6. The molecule has 2 heterocycles. The first-order chi connectivity index (χ1) is 49.1. The van der Waals surface area contributed by atoms with E-state index in [1.807, 2.05) is 77.9 Å². The zero-order valence-corrected chi connectivity index (χ0v) is 65.6. The maximum atomic E-state index is 15.5. The van der Waals surface area contributed by atoms with Crippen molar-refractivity contribution in [1.29, 1.82) is 0 Å². The van der Waals surface area contributed by atoms with Crippen molar-refractivity contribution in [2.24, 2.45) is 17.8 Å². The van der Waals surface area contributed by atoms with Crippen molar-refractivity contribution in [2.45, 2.75) is 199 Å². The number of likely N-dealkylation sites (N-methyl/N-ethyl adjacent to an activating group) is 8. The fourth-order valence-electron chi connectivity index (χ4n) is 13.6. The Hall–Kier alpha value is -7.92. The lowest BCUT2D eigenvalue weighted by molar-refractivity contribution is -0.160. The van der Waals surface area contributed by atoms with Gasteiger partial charge in [0.2, 0.25) is 70.9 Å². The lowest BCUT2D eigenvalue weighted by Gasteiger charge is -2.45. The van der Waals surface area contributed by atoms with Crippen LogP contribution in [0, 0.1) is 24.7 Å². The van der Waals surface area contributed by atoms with Gasteiger partial charge in [0.05, 0.1) is 43.3 Å². The molecule has 2 aliphatic heterocycles. The van der Waals surface area contributed by atoms with Crippen LogP contribution in [0.2, 0.25) is 5.02 Å². The molecule has 30 heteroatoms. The quantitative estimate of drug-likeness (QED) is 0.158. The van der Waals surface area contributed by atoms with E-state index in [1.165, 1.54) is 98.8 Å². The minimum absolute atomic E-state index is 0.0350. The molecule has 2 saturated heterocycles. The smallest absolute Gasteiger partial charge is 0.378 e. The van der Waals surface area contributed by atoms with Gasteiger partial charge in [0.25, 0.3) is 0 Å². The van der Waals surface area contributed by atoms with E-state index < -0.39 is 173 Å². The predicted molar refractivity (Wildman–Crippen MR) is 391 cm³/mol. The summed E-state index contributed by atoms with van der Waals surface area (Å²) >= 11 is 6.19. The third kappa shape index (κ3) is 23.0. The molecular formula is C75H115ClF3N13O13. The molecule has 0 aromatic heterocycles. The van der Waals surface area contributed by atoms with Gasteiger partial charge in [-0.3, -0.25) is 57.5 Å². The molecule has 3 fully saturated rings. The van der Waals surface area contributed by atoms with Crippen LogP contribution in [-0.4, -0.2) is 290 Å². The number of ether oxygens (including phenoxy) is 1. The molecule has 105 heavy (non-hydrogen) atoms. The maximum Gasteiger partial charge on any atom is 0.417 e. The van der Waals surface area contributed by atoms with E-state index in [-0.39, 0.29) is 89.2 Å². The largest absolute Gasteiger partial charge is 0.417 e. The van der Waals surface area contributed by atoms with Crippen molar-refractivity contribution in [1.82, 2.24) is 64.9 Å². The molecule has 3 aliphatic rings.